The summed E-state index contributed by atoms with van der Waals surface area (Å²) < 4.78 is 11.2. The molecule has 0 spiro atoms. The van der Waals surface area contributed by atoms with Crippen LogP contribution in [-0.2, 0) is 19.7 Å². The second-order valence-corrected chi connectivity index (χ2v) is 7.58. The molecule has 4 nitrogen and oxygen atoms in total. The molecule has 0 N–H and O–H groups in total. The second-order valence-electron chi connectivity index (χ2n) is 7.58. The molecule has 140 valence electrons. The highest BCUT2D eigenvalue weighted by atomic mass is 16.7. The molecule has 2 unspecified atom stereocenters. The number of nitrogens with zero attached hydrogens (tertiary/aromatic N) is 1. The number of hydrogen-bond acceptors (Lipinski definition) is 4. The quantitative estimate of drug-likeness (QED) is 0.736. The van der Waals surface area contributed by atoms with Crippen LogP contribution in [0.3, 0.4) is 0 Å². The summed E-state index contributed by atoms with van der Waals surface area (Å²) in [5.74, 6) is 0.128. The van der Waals surface area contributed by atoms with Crippen LogP contribution < -0.4 is 0 Å². The van der Waals surface area contributed by atoms with E-state index in [4.69, 9.17) is 9.47 Å². The van der Waals surface area contributed by atoms with Gasteiger partial charge in [-0.3, -0.25) is 9.79 Å². The SMILES string of the molecule is CC(=Nc1ccccc1)C1CCC(C)(c2cccc(C3OCCO3)c2)C1=O. The zero-order chi connectivity index (χ0) is 18.9. The van der Waals surface area contributed by atoms with Gasteiger partial charge in [0.05, 0.1) is 30.2 Å². The van der Waals surface area contributed by atoms with Crippen molar-refractivity contribution in [3.8, 4) is 0 Å². The first kappa shape index (κ1) is 18.1. The summed E-state index contributed by atoms with van der Waals surface area (Å²) in [5, 5.41) is 0. The number of carbonyl (C=O) groups excluding carboxylic acids is 1. The fourth-order valence-corrected chi connectivity index (χ4v) is 4.12. The summed E-state index contributed by atoms with van der Waals surface area (Å²) in [7, 11) is 0. The van der Waals surface area contributed by atoms with E-state index in [9.17, 15) is 4.79 Å². The molecule has 0 bridgehead atoms. The van der Waals surface area contributed by atoms with Gasteiger partial charge in [0.25, 0.3) is 0 Å². The van der Waals surface area contributed by atoms with Gasteiger partial charge in [0, 0.05) is 11.3 Å². The van der Waals surface area contributed by atoms with Gasteiger partial charge in [-0.2, -0.15) is 0 Å². The Morgan fingerprint density at radius 2 is 1.81 bits per heavy atom. The Bertz CT molecular complexity index is 855. The van der Waals surface area contributed by atoms with Crippen molar-refractivity contribution in [3.05, 3.63) is 65.7 Å². The van der Waals surface area contributed by atoms with E-state index in [-0.39, 0.29) is 18.0 Å². The van der Waals surface area contributed by atoms with Gasteiger partial charge in [-0.1, -0.05) is 36.4 Å². The van der Waals surface area contributed by atoms with Gasteiger partial charge in [0.15, 0.2) is 12.1 Å². The van der Waals surface area contributed by atoms with Crippen LogP contribution in [-0.4, -0.2) is 24.7 Å². The Morgan fingerprint density at radius 1 is 1.07 bits per heavy atom. The van der Waals surface area contributed by atoms with E-state index in [0.717, 1.165) is 35.4 Å². The number of para-hydroxylation sites is 1. The maximum Gasteiger partial charge on any atom is 0.184 e. The molecule has 0 amide bonds. The lowest BCUT2D eigenvalue weighted by Crippen LogP contribution is -2.32. The molecule has 2 fully saturated rings. The van der Waals surface area contributed by atoms with Gasteiger partial charge < -0.3 is 9.47 Å². The van der Waals surface area contributed by atoms with Crippen molar-refractivity contribution < 1.29 is 14.3 Å². The smallest absolute Gasteiger partial charge is 0.184 e. The molecule has 4 rings (SSSR count). The Kier molecular flexibility index (Phi) is 4.94. The summed E-state index contributed by atoms with van der Waals surface area (Å²) in [6.07, 6.45) is 1.34. The predicted molar refractivity (Wildman–Crippen MR) is 105 cm³/mol. The Hall–Kier alpha value is -2.30. The van der Waals surface area contributed by atoms with Crippen molar-refractivity contribution >= 4 is 17.2 Å². The summed E-state index contributed by atoms with van der Waals surface area (Å²) in [5.41, 5.74) is 3.32. The van der Waals surface area contributed by atoms with Crippen LogP contribution in [0, 0.1) is 5.92 Å². The average molecular weight is 363 g/mol. The van der Waals surface area contributed by atoms with Crippen LogP contribution in [0.15, 0.2) is 59.6 Å². The van der Waals surface area contributed by atoms with E-state index in [0.29, 0.717) is 13.2 Å². The summed E-state index contributed by atoms with van der Waals surface area (Å²) in [6.45, 7) is 5.25. The highest BCUT2D eigenvalue weighted by molar-refractivity contribution is 6.10. The average Bonchev–Trinajstić information content (AvgIpc) is 3.33. The maximum atomic E-state index is 13.3. The molecule has 4 heteroatoms. The topological polar surface area (TPSA) is 47.9 Å². The predicted octanol–water partition coefficient (Wildman–Crippen LogP) is 4.76. The molecular formula is C23H25NO3. The van der Waals surface area contributed by atoms with Crippen molar-refractivity contribution in [1.82, 2.24) is 0 Å². The third-order valence-corrected chi connectivity index (χ3v) is 5.78. The highest BCUT2D eigenvalue weighted by Gasteiger charge is 2.46. The first-order valence-electron chi connectivity index (χ1n) is 9.56. The zero-order valence-corrected chi connectivity index (χ0v) is 15.9. The third kappa shape index (κ3) is 3.47. The van der Waals surface area contributed by atoms with Crippen LogP contribution >= 0.6 is 0 Å². The van der Waals surface area contributed by atoms with Crippen LogP contribution in [0.25, 0.3) is 0 Å². The first-order chi connectivity index (χ1) is 13.1. The number of rotatable bonds is 4. The van der Waals surface area contributed by atoms with E-state index in [1.54, 1.807) is 0 Å². The van der Waals surface area contributed by atoms with Crippen molar-refractivity contribution in [3.63, 3.8) is 0 Å². The largest absolute Gasteiger partial charge is 0.346 e. The number of ether oxygens (including phenoxy) is 2. The van der Waals surface area contributed by atoms with Crippen LogP contribution in [0.4, 0.5) is 5.69 Å². The van der Waals surface area contributed by atoms with Gasteiger partial charge >= 0.3 is 0 Å². The van der Waals surface area contributed by atoms with Crippen molar-refractivity contribution in [1.29, 1.82) is 0 Å². The normalized spacial score (nSPS) is 26.7. The first-order valence-corrected chi connectivity index (χ1v) is 9.56. The molecule has 1 saturated carbocycles. The molecule has 1 heterocycles. The van der Waals surface area contributed by atoms with Gasteiger partial charge in [-0.15, -0.1) is 0 Å². The molecule has 27 heavy (non-hydrogen) atoms. The molecule has 0 radical (unpaired) electrons. The molecular weight excluding hydrogens is 338 g/mol. The van der Waals surface area contributed by atoms with E-state index < -0.39 is 5.41 Å². The molecule has 2 aromatic carbocycles. The number of hydrogen-bond donors (Lipinski definition) is 0. The maximum absolute atomic E-state index is 13.3. The van der Waals surface area contributed by atoms with Gasteiger partial charge in [0.1, 0.15) is 0 Å². The summed E-state index contributed by atoms with van der Waals surface area (Å²) >= 11 is 0. The van der Waals surface area contributed by atoms with Crippen LogP contribution in [0.5, 0.6) is 0 Å². The Labute approximate surface area is 160 Å². The molecule has 0 aromatic heterocycles. The second kappa shape index (κ2) is 7.37. The van der Waals surface area contributed by atoms with Crippen molar-refractivity contribution in [2.75, 3.05) is 13.2 Å². The minimum Gasteiger partial charge on any atom is -0.346 e. The zero-order valence-electron chi connectivity index (χ0n) is 15.9. The van der Waals surface area contributed by atoms with Gasteiger partial charge in [0.2, 0.25) is 0 Å². The Balaban J connectivity index is 1.58. The molecule has 2 atom stereocenters. The fourth-order valence-electron chi connectivity index (χ4n) is 4.12. The lowest BCUT2D eigenvalue weighted by atomic mass is 9.78. The lowest BCUT2D eigenvalue weighted by molar-refractivity contribution is -0.123. The Morgan fingerprint density at radius 3 is 2.56 bits per heavy atom. The van der Waals surface area contributed by atoms with Gasteiger partial charge in [-0.05, 0) is 50.5 Å². The van der Waals surface area contributed by atoms with E-state index >= 15 is 0 Å². The minimum atomic E-state index is -0.493. The number of carbonyl (C=O) groups is 1. The number of ketones is 1. The van der Waals surface area contributed by atoms with E-state index in [1.807, 2.05) is 55.5 Å². The monoisotopic (exact) mass is 363 g/mol. The molecule has 2 aliphatic rings. The molecule has 1 aliphatic heterocycles. The minimum absolute atomic E-state index is 0.127. The van der Waals surface area contributed by atoms with Crippen molar-refractivity contribution in [2.24, 2.45) is 10.9 Å². The van der Waals surface area contributed by atoms with Crippen LogP contribution in [0.2, 0.25) is 0 Å². The number of Topliss-reactive ketones (excluding diaryl/α,β-unsaturated/α-hetero) is 1. The lowest BCUT2D eigenvalue weighted by Gasteiger charge is -2.24. The fraction of sp³-hybridized carbons (Fsp3) is 0.391. The van der Waals surface area contributed by atoms with Crippen LogP contribution in [0.1, 0.15) is 44.1 Å². The van der Waals surface area contributed by atoms with E-state index in [2.05, 4.69) is 18.0 Å². The third-order valence-electron chi connectivity index (χ3n) is 5.78. The summed E-state index contributed by atoms with van der Waals surface area (Å²) in [6, 6.07) is 17.9. The molecule has 1 aliphatic carbocycles. The van der Waals surface area contributed by atoms with Gasteiger partial charge in [-0.25, -0.2) is 0 Å². The molecule has 2 aromatic rings. The standard InChI is InChI=1S/C23H25NO3/c1-16(24-19-9-4-3-5-10-19)20-11-12-23(2,21(20)25)18-8-6-7-17(15-18)22-26-13-14-27-22/h3-10,15,20,22H,11-14H2,1-2H3. The number of aliphatic imine (C=N–C) groups is 1. The summed E-state index contributed by atoms with van der Waals surface area (Å²) in [4.78, 5) is 18.0. The number of benzene rings is 2. The highest BCUT2D eigenvalue weighted by Crippen LogP contribution is 2.42. The molecule has 1 saturated heterocycles. The van der Waals surface area contributed by atoms with Crippen molar-refractivity contribution in [2.45, 2.75) is 38.4 Å². The van der Waals surface area contributed by atoms with E-state index in [1.165, 1.54) is 0 Å².